The first-order chi connectivity index (χ1) is 11.8. The highest BCUT2D eigenvalue weighted by atomic mass is 15.2. The van der Waals surface area contributed by atoms with Gasteiger partial charge in [-0.3, -0.25) is 9.89 Å². The van der Waals surface area contributed by atoms with Gasteiger partial charge in [0.15, 0.2) is 5.96 Å². The van der Waals surface area contributed by atoms with E-state index in [0.717, 1.165) is 25.3 Å². The number of nitrogens with two attached hydrogens (primary N) is 1. The van der Waals surface area contributed by atoms with Crippen LogP contribution in [0.5, 0.6) is 0 Å². The number of piperidine rings is 1. The van der Waals surface area contributed by atoms with Crippen LogP contribution in [-0.2, 0) is 6.54 Å². The van der Waals surface area contributed by atoms with E-state index in [1.807, 2.05) is 30.3 Å². The second-order valence-electron chi connectivity index (χ2n) is 6.32. The molecule has 1 atom stereocenters. The van der Waals surface area contributed by atoms with Gasteiger partial charge in [-0.25, -0.2) is 0 Å². The molecule has 0 radical (unpaired) electrons. The van der Waals surface area contributed by atoms with Gasteiger partial charge >= 0.3 is 0 Å². The van der Waals surface area contributed by atoms with Crippen LogP contribution in [0.15, 0.2) is 65.7 Å². The Balaban J connectivity index is 1.58. The van der Waals surface area contributed by atoms with E-state index < -0.39 is 0 Å². The number of rotatable bonds is 5. The molecule has 2 aromatic rings. The lowest BCUT2D eigenvalue weighted by molar-refractivity contribution is 0.145. The summed E-state index contributed by atoms with van der Waals surface area (Å²) in [7, 11) is 0. The second-order valence-corrected chi connectivity index (χ2v) is 6.32. The zero-order valence-corrected chi connectivity index (χ0v) is 14.1. The molecule has 0 spiro atoms. The van der Waals surface area contributed by atoms with Crippen molar-refractivity contribution in [3.8, 4) is 0 Å². The van der Waals surface area contributed by atoms with Gasteiger partial charge in [0.2, 0.25) is 0 Å². The van der Waals surface area contributed by atoms with E-state index in [2.05, 4.69) is 45.5 Å². The van der Waals surface area contributed by atoms with Crippen LogP contribution in [0.2, 0.25) is 0 Å². The third kappa shape index (κ3) is 4.83. The molecule has 0 amide bonds. The Labute approximate surface area is 144 Å². The van der Waals surface area contributed by atoms with Crippen molar-refractivity contribution in [3.05, 3.63) is 66.2 Å². The molecule has 1 fully saturated rings. The fourth-order valence-electron chi connectivity index (χ4n) is 3.21. The Morgan fingerprint density at radius 3 is 2.50 bits per heavy atom. The van der Waals surface area contributed by atoms with Crippen molar-refractivity contribution in [2.75, 3.05) is 18.4 Å². The normalized spacial score (nSPS) is 19.2. The molecule has 3 rings (SSSR count). The van der Waals surface area contributed by atoms with Gasteiger partial charge in [-0.05, 0) is 37.1 Å². The van der Waals surface area contributed by atoms with E-state index in [0.29, 0.717) is 12.0 Å². The summed E-state index contributed by atoms with van der Waals surface area (Å²) in [6.45, 7) is 2.88. The van der Waals surface area contributed by atoms with E-state index in [1.165, 1.54) is 24.8 Å². The Morgan fingerprint density at radius 2 is 1.75 bits per heavy atom. The number of likely N-dealkylation sites (tertiary alicyclic amines) is 1. The molecule has 126 valence electrons. The van der Waals surface area contributed by atoms with E-state index in [9.17, 15) is 0 Å². The molecule has 1 heterocycles. The molecule has 0 aliphatic carbocycles. The highest BCUT2D eigenvalue weighted by Gasteiger charge is 2.22. The van der Waals surface area contributed by atoms with E-state index in [-0.39, 0.29) is 0 Å². The van der Waals surface area contributed by atoms with Crippen molar-refractivity contribution in [2.45, 2.75) is 31.8 Å². The number of nitrogens with zero attached hydrogens (tertiary/aromatic N) is 2. The lowest BCUT2D eigenvalue weighted by Crippen LogP contribution is -2.41. The number of aliphatic imine (C=N–C) groups is 1. The number of nitrogens with one attached hydrogen (secondary N) is 1. The predicted octanol–water partition coefficient (Wildman–Crippen LogP) is 3.47. The lowest BCUT2D eigenvalue weighted by atomic mass is 10.0. The van der Waals surface area contributed by atoms with Crippen LogP contribution in [0.25, 0.3) is 0 Å². The largest absolute Gasteiger partial charge is 0.370 e. The van der Waals surface area contributed by atoms with Gasteiger partial charge in [-0.1, -0.05) is 55.0 Å². The number of anilines is 1. The quantitative estimate of drug-likeness (QED) is 0.655. The molecular formula is C20H26N4. The Kier molecular flexibility index (Phi) is 5.85. The average molecular weight is 322 g/mol. The molecule has 0 saturated carbocycles. The summed E-state index contributed by atoms with van der Waals surface area (Å²) in [6, 6.07) is 21.1. The molecule has 2 aromatic carbocycles. The maximum absolute atomic E-state index is 6.04. The lowest BCUT2D eigenvalue weighted by Gasteiger charge is -2.35. The minimum absolute atomic E-state index is 0.468. The zero-order chi connectivity index (χ0) is 16.6. The van der Waals surface area contributed by atoms with E-state index >= 15 is 0 Å². The second kappa shape index (κ2) is 8.50. The minimum atomic E-state index is 0.468. The van der Waals surface area contributed by atoms with Crippen molar-refractivity contribution in [3.63, 3.8) is 0 Å². The van der Waals surface area contributed by atoms with E-state index in [4.69, 9.17) is 5.73 Å². The molecule has 0 bridgehead atoms. The highest BCUT2D eigenvalue weighted by molar-refractivity contribution is 5.92. The first-order valence-electron chi connectivity index (χ1n) is 8.71. The monoisotopic (exact) mass is 322 g/mol. The van der Waals surface area contributed by atoms with Crippen molar-refractivity contribution >= 4 is 11.6 Å². The topological polar surface area (TPSA) is 53.6 Å². The summed E-state index contributed by atoms with van der Waals surface area (Å²) in [4.78, 5) is 7.12. The number of guanidine groups is 1. The van der Waals surface area contributed by atoms with E-state index in [1.54, 1.807) is 0 Å². The van der Waals surface area contributed by atoms with Gasteiger partial charge in [0.05, 0.1) is 6.54 Å². The van der Waals surface area contributed by atoms with Gasteiger partial charge in [0.1, 0.15) is 0 Å². The van der Waals surface area contributed by atoms with Crippen molar-refractivity contribution in [1.29, 1.82) is 0 Å². The van der Waals surface area contributed by atoms with Gasteiger partial charge in [-0.15, -0.1) is 0 Å². The molecule has 0 aromatic heterocycles. The summed E-state index contributed by atoms with van der Waals surface area (Å²) < 4.78 is 0. The molecule has 24 heavy (non-hydrogen) atoms. The SMILES string of the molecule is NC(=NCC1CCCCN1Cc1ccccc1)Nc1ccccc1. The summed E-state index contributed by atoms with van der Waals surface area (Å²) >= 11 is 0. The number of para-hydroxylation sites is 1. The maximum atomic E-state index is 6.04. The Bertz CT molecular complexity index is 639. The molecule has 4 heteroatoms. The standard InChI is InChI=1S/C20H26N4/c21-20(23-18-11-5-2-6-12-18)22-15-19-13-7-8-14-24(19)16-17-9-3-1-4-10-17/h1-6,9-12,19H,7-8,13-16H2,(H3,21,22,23). The molecule has 1 unspecified atom stereocenters. The molecule has 1 aliphatic rings. The Morgan fingerprint density at radius 1 is 1.04 bits per heavy atom. The minimum Gasteiger partial charge on any atom is -0.370 e. The number of benzene rings is 2. The average Bonchev–Trinajstić information content (AvgIpc) is 2.63. The summed E-state index contributed by atoms with van der Waals surface area (Å²) in [5.74, 6) is 0.492. The van der Waals surface area contributed by atoms with Crippen LogP contribution < -0.4 is 11.1 Å². The van der Waals surface area contributed by atoms with Gasteiger partial charge in [0.25, 0.3) is 0 Å². The number of hydrogen-bond donors (Lipinski definition) is 2. The van der Waals surface area contributed by atoms with Crippen molar-refractivity contribution in [1.82, 2.24) is 4.90 Å². The molecular weight excluding hydrogens is 296 g/mol. The van der Waals surface area contributed by atoms with Crippen LogP contribution in [0.1, 0.15) is 24.8 Å². The first-order valence-corrected chi connectivity index (χ1v) is 8.71. The summed E-state index contributed by atoms with van der Waals surface area (Å²) in [5, 5.41) is 3.16. The first kappa shape index (κ1) is 16.5. The summed E-state index contributed by atoms with van der Waals surface area (Å²) in [5.41, 5.74) is 8.38. The smallest absolute Gasteiger partial charge is 0.193 e. The van der Waals surface area contributed by atoms with Crippen LogP contribution in [0.4, 0.5) is 5.69 Å². The molecule has 4 nitrogen and oxygen atoms in total. The third-order valence-corrected chi connectivity index (χ3v) is 4.50. The number of hydrogen-bond acceptors (Lipinski definition) is 2. The van der Waals surface area contributed by atoms with Gasteiger partial charge < -0.3 is 11.1 Å². The van der Waals surface area contributed by atoms with Gasteiger partial charge in [-0.2, -0.15) is 0 Å². The maximum Gasteiger partial charge on any atom is 0.193 e. The predicted molar refractivity (Wildman–Crippen MR) is 101 cm³/mol. The van der Waals surface area contributed by atoms with Crippen LogP contribution in [0, 0.1) is 0 Å². The molecule has 1 aliphatic heterocycles. The molecule has 3 N–H and O–H groups in total. The molecule has 1 saturated heterocycles. The fraction of sp³-hybridized carbons (Fsp3) is 0.350. The zero-order valence-electron chi connectivity index (χ0n) is 14.1. The Hall–Kier alpha value is -2.33. The summed E-state index contributed by atoms with van der Waals surface area (Å²) in [6.07, 6.45) is 3.73. The third-order valence-electron chi connectivity index (χ3n) is 4.50. The van der Waals surface area contributed by atoms with Crippen LogP contribution in [0.3, 0.4) is 0 Å². The van der Waals surface area contributed by atoms with Crippen LogP contribution in [-0.4, -0.2) is 30.0 Å². The van der Waals surface area contributed by atoms with Crippen LogP contribution >= 0.6 is 0 Å². The van der Waals surface area contributed by atoms with Crippen molar-refractivity contribution < 1.29 is 0 Å². The van der Waals surface area contributed by atoms with Crippen molar-refractivity contribution in [2.24, 2.45) is 10.7 Å². The van der Waals surface area contributed by atoms with Gasteiger partial charge in [0, 0.05) is 18.3 Å². The highest BCUT2D eigenvalue weighted by Crippen LogP contribution is 2.20. The fourth-order valence-corrected chi connectivity index (χ4v) is 3.21.